The minimum Gasteiger partial charge on any atom is -0.353 e. The van der Waals surface area contributed by atoms with Crippen LogP contribution in [0.25, 0.3) is 0 Å². The van der Waals surface area contributed by atoms with E-state index in [9.17, 15) is 4.79 Å². The van der Waals surface area contributed by atoms with Crippen LogP contribution in [0.1, 0.15) is 33.6 Å². The summed E-state index contributed by atoms with van der Waals surface area (Å²) in [5, 5.41) is 3.15. The van der Waals surface area contributed by atoms with E-state index in [2.05, 4.69) is 38.0 Å². The van der Waals surface area contributed by atoms with Crippen molar-refractivity contribution in [1.82, 2.24) is 20.4 Å². The van der Waals surface area contributed by atoms with E-state index >= 15 is 0 Å². The molecule has 1 unspecified atom stereocenters. The number of carbonyl (C=O) groups excluding carboxylic acids is 1. The van der Waals surface area contributed by atoms with Crippen molar-refractivity contribution in [3.05, 3.63) is 4.77 Å². The van der Waals surface area contributed by atoms with Gasteiger partial charge in [0.1, 0.15) is 0 Å². The molecule has 0 saturated carbocycles. The van der Waals surface area contributed by atoms with Crippen molar-refractivity contribution in [2.24, 2.45) is 0 Å². The Morgan fingerprint density at radius 1 is 1.39 bits per heavy atom. The van der Waals surface area contributed by atoms with E-state index < -0.39 is 0 Å². The summed E-state index contributed by atoms with van der Waals surface area (Å²) in [5.74, 6) is 0.740. The standard InChI is InChI=1S/C10H18N6OS/c1-4-6(3)11-8-12-9(14-10(18)13-8)16-15-7(17)5-2/h6H,4-5H2,1-3H3,(H,15,17)(H3,11,12,13,14,16,18). The molecule has 0 aliphatic carbocycles. The van der Waals surface area contributed by atoms with Crippen LogP contribution in [0.4, 0.5) is 11.9 Å². The molecule has 100 valence electrons. The van der Waals surface area contributed by atoms with Gasteiger partial charge in [-0.3, -0.25) is 20.6 Å². The maximum Gasteiger partial charge on any atom is 0.238 e. The Bertz CT molecular complexity index is 460. The fraction of sp³-hybridized carbons (Fsp3) is 0.600. The molecule has 0 fully saturated rings. The predicted octanol–water partition coefficient (Wildman–Crippen LogP) is 1.60. The van der Waals surface area contributed by atoms with Gasteiger partial charge in [-0.15, -0.1) is 0 Å². The first kappa shape index (κ1) is 14.4. The number of hydrogen-bond acceptors (Lipinski definition) is 6. The fourth-order valence-corrected chi connectivity index (χ4v) is 1.25. The summed E-state index contributed by atoms with van der Waals surface area (Å²) in [5.41, 5.74) is 5.14. The van der Waals surface area contributed by atoms with E-state index in [0.29, 0.717) is 18.3 Å². The van der Waals surface area contributed by atoms with Gasteiger partial charge in [-0.25, -0.2) is 0 Å². The van der Waals surface area contributed by atoms with Crippen molar-refractivity contribution >= 4 is 30.0 Å². The zero-order chi connectivity index (χ0) is 13.5. The Kier molecular flexibility index (Phi) is 5.50. The molecule has 0 saturated heterocycles. The van der Waals surface area contributed by atoms with Crippen LogP contribution in [0, 0.1) is 4.77 Å². The third-order valence-corrected chi connectivity index (χ3v) is 2.47. The van der Waals surface area contributed by atoms with Gasteiger partial charge in [0.2, 0.25) is 22.6 Å². The molecule has 1 heterocycles. The highest BCUT2D eigenvalue weighted by Crippen LogP contribution is 2.05. The first-order valence-electron chi connectivity index (χ1n) is 5.84. The van der Waals surface area contributed by atoms with Crippen LogP contribution in [0.5, 0.6) is 0 Å². The number of rotatable bonds is 6. The second kappa shape index (κ2) is 6.90. The lowest BCUT2D eigenvalue weighted by Gasteiger charge is -2.13. The van der Waals surface area contributed by atoms with Crippen LogP contribution in [0.3, 0.4) is 0 Å². The summed E-state index contributed by atoms with van der Waals surface area (Å²) < 4.78 is 0.202. The number of nitrogens with zero attached hydrogens (tertiary/aromatic N) is 2. The molecule has 0 aliphatic heterocycles. The maximum atomic E-state index is 11.1. The van der Waals surface area contributed by atoms with Crippen molar-refractivity contribution in [1.29, 1.82) is 0 Å². The van der Waals surface area contributed by atoms with Gasteiger partial charge in [-0.2, -0.15) is 9.97 Å². The Labute approximate surface area is 111 Å². The minimum absolute atomic E-state index is 0.135. The molecule has 0 aromatic carbocycles. The fourth-order valence-electron chi connectivity index (χ4n) is 1.06. The van der Waals surface area contributed by atoms with Crippen molar-refractivity contribution < 1.29 is 4.79 Å². The van der Waals surface area contributed by atoms with Crippen LogP contribution in [0.2, 0.25) is 0 Å². The van der Waals surface area contributed by atoms with Gasteiger partial charge in [-0.1, -0.05) is 13.8 Å². The van der Waals surface area contributed by atoms with E-state index in [1.54, 1.807) is 6.92 Å². The lowest BCUT2D eigenvalue weighted by molar-refractivity contribution is -0.120. The second-order valence-electron chi connectivity index (χ2n) is 3.81. The third kappa shape index (κ3) is 4.66. The van der Waals surface area contributed by atoms with Crippen molar-refractivity contribution in [3.63, 3.8) is 0 Å². The highest BCUT2D eigenvalue weighted by molar-refractivity contribution is 7.71. The average Bonchev–Trinajstić information content (AvgIpc) is 2.35. The van der Waals surface area contributed by atoms with Gasteiger partial charge >= 0.3 is 0 Å². The second-order valence-corrected chi connectivity index (χ2v) is 4.17. The highest BCUT2D eigenvalue weighted by Gasteiger charge is 2.04. The number of aromatic nitrogens is 3. The molecule has 0 radical (unpaired) electrons. The van der Waals surface area contributed by atoms with E-state index in [1.807, 2.05) is 6.92 Å². The summed E-state index contributed by atoms with van der Waals surface area (Å²) in [7, 11) is 0. The first-order chi connectivity index (χ1) is 8.55. The SMILES string of the molecule is CCC(=O)NNc1nc(=S)nc(NC(C)CC)[nH]1. The molecule has 0 aliphatic rings. The monoisotopic (exact) mass is 270 g/mol. The smallest absolute Gasteiger partial charge is 0.238 e. The highest BCUT2D eigenvalue weighted by atomic mass is 32.1. The number of aromatic amines is 1. The number of carbonyl (C=O) groups is 1. The molecule has 0 bridgehead atoms. The van der Waals surface area contributed by atoms with Gasteiger partial charge in [0.05, 0.1) is 0 Å². The minimum atomic E-state index is -0.135. The van der Waals surface area contributed by atoms with Gasteiger partial charge in [0, 0.05) is 12.5 Å². The van der Waals surface area contributed by atoms with E-state index in [1.165, 1.54) is 0 Å². The molecule has 1 rings (SSSR count). The zero-order valence-corrected chi connectivity index (χ0v) is 11.5. The summed E-state index contributed by atoms with van der Waals surface area (Å²) in [4.78, 5) is 22.0. The first-order valence-corrected chi connectivity index (χ1v) is 6.25. The summed E-state index contributed by atoms with van der Waals surface area (Å²) in [6, 6.07) is 0.267. The largest absolute Gasteiger partial charge is 0.353 e. The molecular weight excluding hydrogens is 252 g/mol. The Morgan fingerprint density at radius 3 is 2.67 bits per heavy atom. The third-order valence-electron chi connectivity index (χ3n) is 2.29. The van der Waals surface area contributed by atoms with Gasteiger partial charge in [0.15, 0.2) is 0 Å². The summed E-state index contributed by atoms with van der Waals surface area (Å²) in [6.07, 6.45) is 1.34. The summed E-state index contributed by atoms with van der Waals surface area (Å²) in [6.45, 7) is 5.86. The predicted molar refractivity (Wildman–Crippen MR) is 72.6 cm³/mol. The zero-order valence-electron chi connectivity index (χ0n) is 10.7. The topological polar surface area (TPSA) is 94.7 Å². The molecule has 7 nitrogen and oxygen atoms in total. The lowest BCUT2D eigenvalue weighted by Crippen LogP contribution is -2.30. The van der Waals surface area contributed by atoms with Crippen LogP contribution in [0.15, 0.2) is 0 Å². The Morgan fingerprint density at radius 2 is 2.06 bits per heavy atom. The molecule has 1 aromatic heterocycles. The van der Waals surface area contributed by atoms with E-state index in [4.69, 9.17) is 12.2 Å². The number of hydrogen-bond donors (Lipinski definition) is 4. The molecular formula is C10H18N6OS. The van der Waals surface area contributed by atoms with Crippen molar-refractivity contribution in [2.45, 2.75) is 39.7 Å². The number of H-pyrrole nitrogens is 1. The van der Waals surface area contributed by atoms with E-state index in [-0.39, 0.29) is 16.7 Å². The molecule has 1 aromatic rings. The van der Waals surface area contributed by atoms with Crippen molar-refractivity contribution in [3.8, 4) is 0 Å². The maximum absolute atomic E-state index is 11.1. The Hall–Kier alpha value is -1.70. The number of anilines is 2. The summed E-state index contributed by atoms with van der Waals surface area (Å²) >= 11 is 4.95. The van der Waals surface area contributed by atoms with Gasteiger partial charge < -0.3 is 5.32 Å². The quantitative estimate of drug-likeness (QED) is 0.463. The molecule has 1 amide bonds. The number of amides is 1. The number of nitrogens with one attached hydrogen (secondary N) is 4. The molecule has 8 heteroatoms. The van der Waals surface area contributed by atoms with Crippen LogP contribution >= 0.6 is 12.2 Å². The normalized spacial score (nSPS) is 11.7. The van der Waals surface area contributed by atoms with Crippen LogP contribution in [-0.4, -0.2) is 26.9 Å². The van der Waals surface area contributed by atoms with Crippen LogP contribution in [-0.2, 0) is 4.79 Å². The number of hydrazine groups is 1. The average molecular weight is 270 g/mol. The molecule has 0 spiro atoms. The van der Waals surface area contributed by atoms with Gasteiger partial charge in [0.25, 0.3) is 0 Å². The molecule has 18 heavy (non-hydrogen) atoms. The molecule has 4 N–H and O–H groups in total. The van der Waals surface area contributed by atoms with Crippen LogP contribution < -0.4 is 16.2 Å². The lowest BCUT2D eigenvalue weighted by atomic mass is 10.3. The van der Waals surface area contributed by atoms with E-state index in [0.717, 1.165) is 6.42 Å². The van der Waals surface area contributed by atoms with Gasteiger partial charge in [-0.05, 0) is 25.6 Å². The molecule has 1 atom stereocenters. The Balaban J connectivity index is 2.74. The van der Waals surface area contributed by atoms with Crippen molar-refractivity contribution in [2.75, 3.05) is 10.7 Å².